The van der Waals surface area contributed by atoms with E-state index >= 15 is 0 Å². The Labute approximate surface area is 73.0 Å². The molecule has 0 aliphatic heterocycles. The molecule has 1 rings (SSSR count). The van der Waals surface area contributed by atoms with Crippen molar-refractivity contribution in [2.45, 2.75) is 6.92 Å². The van der Waals surface area contributed by atoms with Crippen molar-refractivity contribution in [1.82, 2.24) is 15.1 Å². The predicted molar refractivity (Wildman–Crippen MR) is 50.2 cm³/mol. The molecule has 0 aliphatic carbocycles. The maximum Gasteiger partial charge on any atom is 0.148 e. The minimum Gasteiger partial charge on any atom is -0.367 e. The largest absolute Gasteiger partial charge is 0.367 e. The number of rotatable bonds is 5. The number of likely N-dealkylation sites (N-methyl/N-ethyl adjacent to an activating group) is 1. The molecule has 0 fully saturated rings. The lowest BCUT2D eigenvalue weighted by Gasteiger charge is -2.02. The third-order valence-corrected chi connectivity index (χ3v) is 1.57. The molecular formula is C8H16N4. The Morgan fingerprint density at radius 3 is 2.92 bits per heavy atom. The van der Waals surface area contributed by atoms with Crippen molar-refractivity contribution in [3.8, 4) is 0 Å². The highest BCUT2D eigenvalue weighted by atomic mass is 15.3. The van der Waals surface area contributed by atoms with Gasteiger partial charge in [0.25, 0.3) is 0 Å². The second-order valence-electron chi connectivity index (χ2n) is 2.65. The van der Waals surface area contributed by atoms with E-state index < -0.39 is 0 Å². The van der Waals surface area contributed by atoms with Gasteiger partial charge in [-0.3, -0.25) is 4.68 Å². The van der Waals surface area contributed by atoms with E-state index in [1.807, 2.05) is 19.3 Å². The van der Waals surface area contributed by atoms with E-state index in [4.69, 9.17) is 0 Å². The molecule has 0 saturated carbocycles. The zero-order valence-electron chi connectivity index (χ0n) is 7.67. The van der Waals surface area contributed by atoms with Crippen molar-refractivity contribution in [3.05, 3.63) is 12.3 Å². The second kappa shape index (κ2) is 4.77. The molecule has 0 bridgehead atoms. The molecule has 12 heavy (non-hydrogen) atoms. The molecule has 0 spiro atoms. The Kier molecular flexibility index (Phi) is 3.60. The van der Waals surface area contributed by atoms with E-state index in [1.165, 1.54) is 0 Å². The third-order valence-electron chi connectivity index (χ3n) is 1.57. The van der Waals surface area contributed by atoms with Crippen LogP contribution in [0.2, 0.25) is 0 Å². The van der Waals surface area contributed by atoms with Crippen LogP contribution in [0, 0.1) is 0 Å². The van der Waals surface area contributed by atoms with Crippen LogP contribution >= 0.6 is 0 Å². The molecule has 1 aromatic rings. The van der Waals surface area contributed by atoms with Gasteiger partial charge in [0.1, 0.15) is 5.82 Å². The van der Waals surface area contributed by atoms with Crippen LogP contribution in [0.15, 0.2) is 12.3 Å². The van der Waals surface area contributed by atoms with E-state index in [0.29, 0.717) is 0 Å². The Balaban J connectivity index is 2.15. The lowest BCUT2D eigenvalue weighted by atomic mass is 10.5. The smallest absolute Gasteiger partial charge is 0.148 e. The maximum atomic E-state index is 4.19. The van der Waals surface area contributed by atoms with Crippen LogP contribution in [0.1, 0.15) is 6.92 Å². The summed E-state index contributed by atoms with van der Waals surface area (Å²) < 4.78 is 1.79. The molecule has 0 unspecified atom stereocenters. The van der Waals surface area contributed by atoms with Crippen molar-refractivity contribution < 1.29 is 0 Å². The Hall–Kier alpha value is -1.03. The first-order valence-corrected chi connectivity index (χ1v) is 4.27. The van der Waals surface area contributed by atoms with Crippen LogP contribution in [0.3, 0.4) is 0 Å². The van der Waals surface area contributed by atoms with Gasteiger partial charge in [0, 0.05) is 32.4 Å². The van der Waals surface area contributed by atoms with Gasteiger partial charge in [-0.05, 0) is 6.54 Å². The van der Waals surface area contributed by atoms with Crippen molar-refractivity contribution in [3.63, 3.8) is 0 Å². The van der Waals surface area contributed by atoms with Gasteiger partial charge >= 0.3 is 0 Å². The molecule has 68 valence electrons. The summed E-state index contributed by atoms with van der Waals surface area (Å²) in [5.41, 5.74) is 0. The summed E-state index contributed by atoms with van der Waals surface area (Å²) in [5, 5.41) is 10.6. The topological polar surface area (TPSA) is 41.9 Å². The van der Waals surface area contributed by atoms with Crippen LogP contribution in [-0.4, -0.2) is 29.4 Å². The van der Waals surface area contributed by atoms with E-state index in [9.17, 15) is 0 Å². The maximum absolute atomic E-state index is 4.19. The van der Waals surface area contributed by atoms with E-state index in [1.54, 1.807) is 4.68 Å². The van der Waals surface area contributed by atoms with Gasteiger partial charge in [-0.25, -0.2) is 0 Å². The summed E-state index contributed by atoms with van der Waals surface area (Å²) in [4.78, 5) is 0. The minimum absolute atomic E-state index is 0.921. The fraction of sp³-hybridized carbons (Fsp3) is 0.625. The second-order valence-corrected chi connectivity index (χ2v) is 2.65. The lowest BCUT2D eigenvalue weighted by molar-refractivity contribution is 0.731. The number of nitrogens with one attached hydrogen (secondary N) is 2. The number of hydrogen-bond acceptors (Lipinski definition) is 3. The van der Waals surface area contributed by atoms with E-state index in [2.05, 4.69) is 22.7 Å². The van der Waals surface area contributed by atoms with Gasteiger partial charge in [0.05, 0.1) is 0 Å². The molecule has 4 nitrogen and oxygen atoms in total. The monoisotopic (exact) mass is 168 g/mol. The Morgan fingerprint density at radius 2 is 2.33 bits per heavy atom. The fourth-order valence-electron chi connectivity index (χ4n) is 0.965. The van der Waals surface area contributed by atoms with Crippen molar-refractivity contribution >= 4 is 5.82 Å². The van der Waals surface area contributed by atoms with Crippen LogP contribution < -0.4 is 10.6 Å². The Morgan fingerprint density at radius 1 is 1.50 bits per heavy atom. The number of aryl methyl sites for hydroxylation is 1. The van der Waals surface area contributed by atoms with Gasteiger partial charge in [0.15, 0.2) is 0 Å². The zero-order valence-corrected chi connectivity index (χ0v) is 7.67. The highest BCUT2D eigenvalue weighted by Gasteiger charge is 1.92. The van der Waals surface area contributed by atoms with Crippen LogP contribution in [0.25, 0.3) is 0 Å². The summed E-state index contributed by atoms with van der Waals surface area (Å²) in [5.74, 6) is 0.940. The molecule has 2 N–H and O–H groups in total. The molecule has 4 heteroatoms. The SMILES string of the molecule is CCNCCNc1ccn(C)n1. The molecule has 0 radical (unpaired) electrons. The summed E-state index contributed by atoms with van der Waals surface area (Å²) in [6.07, 6.45) is 1.93. The van der Waals surface area contributed by atoms with E-state index in [0.717, 1.165) is 25.5 Å². The molecule has 1 heterocycles. The number of hydrogen-bond donors (Lipinski definition) is 2. The van der Waals surface area contributed by atoms with Crippen LogP contribution in [0.5, 0.6) is 0 Å². The zero-order chi connectivity index (χ0) is 8.81. The van der Waals surface area contributed by atoms with Crippen molar-refractivity contribution in [2.24, 2.45) is 7.05 Å². The van der Waals surface area contributed by atoms with E-state index in [-0.39, 0.29) is 0 Å². The molecule has 0 atom stereocenters. The van der Waals surface area contributed by atoms with Gasteiger partial charge < -0.3 is 10.6 Å². The van der Waals surface area contributed by atoms with Crippen molar-refractivity contribution in [1.29, 1.82) is 0 Å². The number of aromatic nitrogens is 2. The summed E-state index contributed by atoms with van der Waals surface area (Å²) in [7, 11) is 1.91. The summed E-state index contributed by atoms with van der Waals surface area (Å²) in [6.45, 7) is 5.02. The molecular weight excluding hydrogens is 152 g/mol. The molecule has 0 aromatic carbocycles. The molecule has 0 aliphatic rings. The van der Waals surface area contributed by atoms with Gasteiger partial charge in [-0.1, -0.05) is 6.92 Å². The third kappa shape index (κ3) is 2.92. The van der Waals surface area contributed by atoms with Gasteiger partial charge in [-0.15, -0.1) is 0 Å². The highest BCUT2D eigenvalue weighted by Crippen LogP contribution is 1.98. The predicted octanol–water partition coefficient (Wildman–Crippen LogP) is 0.441. The first kappa shape index (κ1) is 9.06. The van der Waals surface area contributed by atoms with Crippen LogP contribution in [0.4, 0.5) is 5.82 Å². The standard InChI is InChI=1S/C8H16N4/c1-3-9-5-6-10-8-4-7-12(2)11-8/h4,7,9H,3,5-6H2,1-2H3,(H,10,11). The molecule has 0 amide bonds. The lowest BCUT2D eigenvalue weighted by Crippen LogP contribution is -2.21. The average Bonchev–Trinajstić information content (AvgIpc) is 2.45. The van der Waals surface area contributed by atoms with Gasteiger partial charge in [0.2, 0.25) is 0 Å². The number of nitrogens with zero attached hydrogens (tertiary/aromatic N) is 2. The molecule has 0 saturated heterocycles. The first-order chi connectivity index (χ1) is 5.83. The summed E-state index contributed by atoms with van der Waals surface area (Å²) >= 11 is 0. The van der Waals surface area contributed by atoms with Crippen LogP contribution in [-0.2, 0) is 7.05 Å². The highest BCUT2D eigenvalue weighted by molar-refractivity contribution is 5.31. The molecule has 1 aromatic heterocycles. The fourth-order valence-corrected chi connectivity index (χ4v) is 0.965. The van der Waals surface area contributed by atoms with Gasteiger partial charge in [-0.2, -0.15) is 5.10 Å². The average molecular weight is 168 g/mol. The summed E-state index contributed by atoms with van der Waals surface area (Å²) in [6, 6.07) is 1.96. The first-order valence-electron chi connectivity index (χ1n) is 4.27. The number of anilines is 1. The quantitative estimate of drug-likeness (QED) is 0.627. The minimum atomic E-state index is 0.921. The normalized spacial score (nSPS) is 10.2. The Bertz CT molecular complexity index is 219. The van der Waals surface area contributed by atoms with Crippen molar-refractivity contribution in [2.75, 3.05) is 25.0 Å².